The molecule has 0 aromatic heterocycles. The van der Waals surface area contributed by atoms with Crippen LogP contribution in [0.3, 0.4) is 0 Å². The van der Waals surface area contributed by atoms with Crippen molar-refractivity contribution in [3.8, 4) is 0 Å². The van der Waals surface area contributed by atoms with Crippen LogP contribution < -0.4 is 5.32 Å². The Morgan fingerprint density at radius 1 is 1.03 bits per heavy atom. The van der Waals surface area contributed by atoms with Gasteiger partial charge in [0.1, 0.15) is 0 Å². The zero-order valence-corrected chi connectivity index (χ0v) is 17.3. The predicted molar refractivity (Wildman–Crippen MR) is 108 cm³/mol. The van der Waals surface area contributed by atoms with Crippen molar-refractivity contribution in [3.63, 3.8) is 0 Å². The van der Waals surface area contributed by atoms with Crippen molar-refractivity contribution in [2.75, 3.05) is 19.6 Å². The number of hydrogen-bond acceptors (Lipinski definition) is 3. The fourth-order valence-electron chi connectivity index (χ4n) is 5.06. The first-order chi connectivity index (χ1) is 14.5. The number of carbonyl (C=O) groups excluding carboxylic acids is 2. The number of piperidine rings is 1. The number of halogens is 2. The van der Waals surface area contributed by atoms with Gasteiger partial charge in [-0.25, -0.2) is 8.78 Å². The van der Waals surface area contributed by atoms with Gasteiger partial charge in [-0.05, 0) is 56.7 Å². The molecule has 1 N–H and O–H groups in total. The van der Waals surface area contributed by atoms with Crippen molar-refractivity contribution in [1.82, 2.24) is 10.2 Å². The Balaban J connectivity index is 1.25. The Morgan fingerprint density at radius 2 is 1.77 bits per heavy atom. The zero-order valence-electron chi connectivity index (χ0n) is 17.3. The minimum atomic E-state index is -1.01. The number of likely N-dealkylation sites (tertiary alicyclic amines) is 1. The van der Waals surface area contributed by atoms with E-state index in [1.165, 1.54) is 12.5 Å². The molecule has 1 spiro atoms. The molecule has 2 saturated heterocycles. The second-order valence-electron chi connectivity index (χ2n) is 8.96. The molecular weight excluding hydrogens is 390 g/mol. The molecule has 2 amide bonds. The lowest BCUT2D eigenvalue weighted by Gasteiger charge is -2.39. The van der Waals surface area contributed by atoms with Crippen LogP contribution in [0.2, 0.25) is 0 Å². The third-order valence-electron chi connectivity index (χ3n) is 6.95. The van der Waals surface area contributed by atoms with E-state index in [9.17, 15) is 18.4 Å². The largest absolute Gasteiger partial charge is 0.370 e. The average Bonchev–Trinajstić information content (AvgIpc) is 3.17. The second kappa shape index (κ2) is 9.00. The fraction of sp³-hybridized carbons (Fsp3) is 0.652. The van der Waals surface area contributed by atoms with Crippen molar-refractivity contribution >= 4 is 11.8 Å². The van der Waals surface area contributed by atoms with Gasteiger partial charge in [0.25, 0.3) is 5.91 Å². The lowest BCUT2D eigenvalue weighted by molar-refractivity contribution is -0.127. The molecule has 0 unspecified atom stereocenters. The Labute approximate surface area is 176 Å². The normalized spacial score (nSPS) is 24.2. The standard InChI is InChI=1S/C23H30F2N2O3/c24-19-7-6-17(14-20(19)25)22(29)27-12-10-23(11-13-27)9-8-18(30-23)15-26-21(28)16-4-2-1-3-5-16/h6-7,14,16,18H,1-5,8-13,15H2,(H,26,28)/t18-/m1/s1. The van der Waals surface area contributed by atoms with E-state index >= 15 is 0 Å². The summed E-state index contributed by atoms with van der Waals surface area (Å²) in [6, 6.07) is 3.27. The molecule has 0 bridgehead atoms. The summed E-state index contributed by atoms with van der Waals surface area (Å²) in [6.07, 6.45) is 8.77. The van der Waals surface area contributed by atoms with Crippen LogP contribution in [0.15, 0.2) is 18.2 Å². The molecule has 3 aliphatic rings. The highest BCUT2D eigenvalue weighted by Crippen LogP contribution is 2.39. The van der Waals surface area contributed by atoms with E-state index in [4.69, 9.17) is 4.74 Å². The highest BCUT2D eigenvalue weighted by Gasteiger charge is 2.43. The van der Waals surface area contributed by atoms with Gasteiger partial charge in [0, 0.05) is 31.1 Å². The summed E-state index contributed by atoms with van der Waals surface area (Å²) in [7, 11) is 0. The van der Waals surface area contributed by atoms with Crippen molar-refractivity contribution in [2.45, 2.75) is 69.5 Å². The molecule has 4 rings (SSSR count). The van der Waals surface area contributed by atoms with E-state index in [0.717, 1.165) is 63.5 Å². The molecule has 3 fully saturated rings. The first kappa shape index (κ1) is 21.2. The van der Waals surface area contributed by atoms with Gasteiger partial charge in [-0.15, -0.1) is 0 Å². The van der Waals surface area contributed by atoms with Gasteiger partial charge in [-0.1, -0.05) is 19.3 Å². The first-order valence-corrected chi connectivity index (χ1v) is 11.2. The van der Waals surface area contributed by atoms with Gasteiger partial charge in [0.2, 0.25) is 5.91 Å². The minimum absolute atomic E-state index is 0.0194. The molecule has 1 saturated carbocycles. The molecular formula is C23H30F2N2O3. The van der Waals surface area contributed by atoms with Crippen LogP contribution in [-0.4, -0.2) is 48.1 Å². The average molecular weight is 421 g/mol. The van der Waals surface area contributed by atoms with Crippen LogP contribution in [-0.2, 0) is 9.53 Å². The van der Waals surface area contributed by atoms with E-state index in [1.807, 2.05) is 0 Å². The van der Waals surface area contributed by atoms with E-state index < -0.39 is 11.6 Å². The molecule has 1 atom stereocenters. The van der Waals surface area contributed by atoms with Crippen molar-refractivity contribution in [1.29, 1.82) is 0 Å². The van der Waals surface area contributed by atoms with Crippen LogP contribution in [0.25, 0.3) is 0 Å². The summed E-state index contributed by atoms with van der Waals surface area (Å²) in [5.41, 5.74) is -0.0779. The number of amides is 2. The summed E-state index contributed by atoms with van der Waals surface area (Å²) < 4.78 is 32.9. The maximum absolute atomic E-state index is 13.4. The zero-order chi connectivity index (χ0) is 21.1. The number of rotatable bonds is 4. The van der Waals surface area contributed by atoms with Crippen LogP contribution in [0.5, 0.6) is 0 Å². The maximum atomic E-state index is 13.4. The molecule has 5 nitrogen and oxygen atoms in total. The molecule has 30 heavy (non-hydrogen) atoms. The quantitative estimate of drug-likeness (QED) is 0.806. The lowest BCUT2D eigenvalue weighted by atomic mass is 9.88. The number of nitrogens with one attached hydrogen (secondary N) is 1. The molecule has 1 aromatic carbocycles. The minimum Gasteiger partial charge on any atom is -0.370 e. The number of ether oxygens (including phenoxy) is 1. The number of hydrogen-bond donors (Lipinski definition) is 1. The molecule has 7 heteroatoms. The summed E-state index contributed by atoms with van der Waals surface area (Å²) in [6.45, 7) is 1.60. The van der Waals surface area contributed by atoms with Gasteiger partial charge in [0.15, 0.2) is 11.6 Å². The van der Waals surface area contributed by atoms with Crippen LogP contribution in [0.1, 0.15) is 68.1 Å². The third kappa shape index (κ3) is 4.66. The highest BCUT2D eigenvalue weighted by molar-refractivity contribution is 5.94. The third-order valence-corrected chi connectivity index (χ3v) is 6.95. The number of nitrogens with zero attached hydrogens (tertiary/aromatic N) is 1. The molecule has 2 aliphatic heterocycles. The maximum Gasteiger partial charge on any atom is 0.253 e. The van der Waals surface area contributed by atoms with Crippen LogP contribution in [0.4, 0.5) is 8.78 Å². The van der Waals surface area contributed by atoms with Crippen molar-refractivity contribution < 1.29 is 23.1 Å². The van der Waals surface area contributed by atoms with E-state index in [-0.39, 0.29) is 35.0 Å². The van der Waals surface area contributed by atoms with E-state index in [0.29, 0.717) is 19.6 Å². The topological polar surface area (TPSA) is 58.6 Å². The van der Waals surface area contributed by atoms with Gasteiger partial charge < -0.3 is 15.0 Å². The van der Waals surface area contributed by atoms with Gasteiger partial charge in [-0.3, -0.25) is 9.59 Å². The molecule has 1 aliphatic carbocycles. The summed E-state index contributed by atoms with van der Waals surface area (Å²) in [5, 5.41) is 3.08. The Morgan fingerprint density at radius 3 is 2.47 bits per heavy atom. The lowest BCUT2D eigenvalue weighted by Crippen LogP contribution is -2.47. The fourth-order valence-corrected chi connectivity index (χ4v) is 5.06. The molecule has 164 valence electrons. The highest BCUT2D eigenvalue weighted by atomic mass is 19.2. The van der Waals surface area contributed by atoms with Crippen LogP contribution in [0, 0.1) is 17.6 Å². The SMILES string of the molecule is O=C(NC[C@H]1CCC2(CCN(C(=O)c3ccc(F)c(F)c3)CC2)O1)C1CCCCC1. The molecule has 0 radical (unpaired) electrons. The van der Waals surface area contributed by atoms with Gasteiger partial charge >= 0.3 is 0 Å². The van der Waals surface area contributed by atoms with Crippen LogP contribution >= 0.6 is 0 Å². The second-order valence-corrected chi connectivity index (χ2v) is 8.96. The predicted octanol–water partition coefficient (Wildman–Crippen LogP) is 3.82. The van der Waals surface area contributed by atoms with Gasteiger partial charge in [0.05, 0.1) is 11.7 Å². The summed E-state index contributed by atoms with van der Waals surface area (Å²) >= 11 is 0. The van der Waals surface area contributed by atoms with E-state index in [2.05, 4.69) is 5.32 Å². The Hall–Kier alpha value is -2.02. The van der Waals surface area contributed by atoms with Gasteiger partial charge in [-0.2, -0.15) is 0 Å². The molecule has 1 aromatic rings. The Bertz CT molecular complexity index is 787. The smallest absolute Gasteiger partial charge is 0.253 e. The van der Waals surface area contributed by atoms with E-state index in [1.54, 1.807) is 4.90 Å². The number of benzene rings is 1. The monoisotopic (exact) mass is 420 g/mol. The Kier molecular flexibility index (Phi) is 6.37. The number of carbonyl (C=O) groups is 2. The summed E-state index contributed by atoms with van der Waals surface area (Å²) in [4.78, 5) is 26.6. The van der Waals surface area contributed by atoms with Crippen molar-refractivity contribution in [2.24, 2.45) is 5.92 Å². The molecule has 2 heterocycles. The first-order valence-electron chi connectivity index (χ1n) is 11.2. The summed E-state index contributed by atoms with van der Waals surface area (Å²) in [5.74, 6) is -1.93. The van der Waals surface area contributed by atoms with Crippen molar-refractivity contribution in [3.05, 3.63) is 35.4 Å².